The largest absolute Gasteiger partial charge is 0.481 e. The number of carboxylic acid groups (broad SMARTS) is 1. The topological polar surface area (TPSA) is 95.7 Å². The number of aliphatic carboxylic acids is 1. The molecule has 7 nitrogen and oxygen atoms in total. The highest BCUT2D eigenvalue weighted by atomic mass is 16.4. The van der Waals surface area contributed by atoms with E-state index in [1.165, 1.54) is 4.90 Å². The first-order valence-electron chi connectivity index (χ1n) is 7.77. The molecule has 7 heteroatoms. The minimum Gasteiger partial charge on any atom is -0.481 e. The lowest BCUT2D eigenvalue weighted by Gasteiger charge is -2.16. The molecule has 24 heavy (non-hydrogen) atoms. The summed E-state index contributed by atoms with van der Waals surface area (Å²) in [4.78, 5) is 28.4. The predicted octanol–water partition coefficient (Wildman–Crippen LogP) is 3.35. The number of fused-ring (bicyclic) bond motifs is 1. The molecular weight excluding hydrogens is 310 g/mol. The second-order valence-corrected chi connectivity index (χ2v) is 7.02. The van der Waals surface area contributed by atoms with Gasteiger partial charge < -0.3 is 19.7 Å². The van der Waals surface area contributed by atoms with Crippen molar-refractivity contribution in [2.24, 2.45) is 5.41 Å². The molecule has 2 N–H and O–H groups in total. The molecular formula is C17H23N3O4. The van der Waals surface area contributed by atoms with E-state index in [9.17, 15) is 9.59 Å². The summed E-state index contributed by atoms with van der Waals surface area (Å²) in [6, 6.07) is 4.88. The van der Waals surface area contributed by atoms with Gasteiger partial charge in [-0.3, -0.25) is 4.79 Å². The van der Waals surface area contributed by atoms with Crippen LogP contribution in [0, 0.1) is 5.41 Å². The molecule has 1 heterocycles. The zero-order valence-corrected chi connectivity index (χ0v) is 14.4. The van der Waals surface area contributed by atoms with E-state index in [0.717, 1.165) is 6.42 Å². The lowest BCUT2D eigenvalue weighted by atomic mass is 9.92. The summed E-state index contributed by atoms with van der Waals surface area (Å²) in [6.45, 7) is 6.48. The number of urea groups is 1. The maximum Gasteiger partial charge on any atom is 0.321 e. The van der Waals surface area contributed by atoms with Gasteiger partial charge in [-0.15, -0.1) is 0 Å². The SMILES string of the molecule is CN(CCC(=O)O)C(=O)Nc1ccc2oc(CC(C)(C)C)nc2c1. The Morgan fingerprint density at radius 1 is 1.33 bits per heavy atom. The van der Waals surface area contributed by atoms with Crippen molar-refractivity contribution in [2.45, 2.75) is 33.6 Å². The lowest BCUT2D eigenvalue weighted by Crippen LogP contribution is -2.33. The summed E-state index contributed by atoms with van der Waals surface area (Å²) >= 11 is 0. The number of rotatable bonds is 5. The Hall–Kier alpha value is -2.57. The third-order valence-electron chi connectivity index (χ3n) is 3.37. The van der Waals surface area contributed by atoms with Crippen LogP contribution >= 0.6 is 0 Å². The molecule has 130 valence electrons. The first kappa shape index (κ1) is 17.8. The van der Waals surface area contributed by atoms with Crippen molar-refractivity contribution in [3.63, 3.8) is 0 Å². The van der Waals surface area contributed by atoms with Crippen molar-refractivity contribution < 1.29 is 19.1 Å². The number of carbonyl (C=O) groups is 2. The molecule has 0 unspecified atom stereocenters. The maximum atomic E-state index is 12.0. The van der Waals surface area contributed by atoms with Crippen molar-refractivity contribution in [2.75, 3.05) is 18.9 Å². The van der Waals surface area contributed by atoms with Gasteiger partial charge >= 0.3 is 12.0 Å². The molecule has 0 aliphatic rings. The first-order valence-corrected chi connectivity index (χ1v) is 7.77. The van der Waals surface area contributed by atoms with Crippen LogP contribution in [0.15, 0.2) is 22.6 Å². The van der Waals surface area contributed by atoms with Crippen molar-refractivity contribution in [1.82, 2.24) is 9.88 Å². The highest BCUT2D eigenvalue weighted by molar-refractivity contribution is 5.91. The van der Waals surface area contributed by atoms with Gasteiger partial charge in [-0.05, 0) is 23.6 Å². The third kappa shape index (κ3) is 4.97. The van der Waals surface area contributed by atoms with E-state index in [-0.39, 0.29) is 24.4 Å². The number of nitrogens with one attached hydrogen (secondary N) is 1. The monoisotopic (exact) mass is 333 g/mol. The quantitative estimate of drug-likeness (QED) is 0.874. The fraction of sp³-hybridized carbons (Fsp3) is 0.471. The Morgan fingerprint density at radius 3 is 2.67 bits per heavy atom. The van der Waals surface area contributed by atoms with Crippen LogP contribution < -0.4 is 5.32 Å². The van der Waals surface area contributed by atoms with Crippen LogP contribution in [0.2, 0.25) is 0 Å². The van der Waals surface area contributed by atoms with Gasteiger partial charge in [-0.25, -0.2) is 9.78 Å². The Morgan fingerprint density at radius 2 is 2.04 bits per heavy atom. The summed E-state index contributed by atoms with van der Waals surface area (Å²) < 4.78 is 5.72. The number of carboxylic acids is 1. The van der Waals surface area contributed by atoms with E-state index in [0.29, 0.717) is 22.7 Å². The molecule has 2 aromatic rings. The minimum atomic E-state index is -0.940. The normalized spacial score (nSPS) is 11.5. The molecule has 0 aliphatic heterocycles. The molecule has 0 saturated heterocycles. The summed E-state index contributed by atoms with van der Waals surface area (Å²) in [6.07, 6.45) is 0.629. The highest BCUT2D eigenvalue weighted by Crippen LogP contribution is 2.25. The molecule has 0 fully saturated rings. The number of carbonyl (C=O) groups excluding carboxylic acids is 1. The molecule has 0 spiro atoms. The fourth-order valence-corrected chi connectivity index (χ4v) is 2.17. The average Bonchev–Trinajstić information content (AvgIpc) is 2.83. The summed E-state index contributed by atoms with van der Waals surface area (Å²) in [7, 11) is 1.55. The molecule has 0 atom stereocenters. The Bertz CT molecular complexity index is 746. The number of hydrogen-bond donors (Lipinski definition) is 2. The predicted molar refractivity (Wildman–Crippen MR) is 91.1 cm³/mol. The van der Waals surface area contributed by atoms with Crippen LogP contribution in [0.4, 0.5) is 10.5 Å². The Balaban J connectivity index is 2.07. The molecule has 1 aromatic heterocycles. The van der Waals surface area contributed by atoms with Gasteiger partial charge in [-0.2, -0.15) is 0 Å². The van der Waals surface area contributed by atoms with Crippen LogP contribution in [0.25, 0.3) is 11.1 Å². The fourth-order valence-electron chi connectivity index (χ4n) is 2.17. The highest BCUT2D eigenvalue weighted by Gasteiger charge is 2.17. The lowest BCUT2D eigenvalue weighted by molar-refractivity contribution is -0.137. The molecule has 2 rings (SSSR count). The maximum absolute atomic E-state index is 12.0. The van der Waals surface area contributed by atoms with Crippen molar-refractivity contribution in [1.29, 1.82) is 0 Å². The number of oxazole rings is 1. The zero-order valence-electron chi connectivity index (χ0n) is 14.4. The Labute approximate surface area is 140 Å². The van der Waals surface area contributed by atoms with Crippen LogP contribution in [-0.4, -0.2) is 40.6 Å². The smallest absolute Gasteiger partial charge is 0.321 e. The number of benzene rings is 1. The van der Waals surface area contributed by atoms with E-state index >= 15 is 0 Å². The van der Waals surface area contributed by atoms with Gasteiger partial charge in [0.2, 0.25) is 0 Å². The van der Waals surface area contributed by atoms with Crippen LogP contribution in [-0.2, 0) is 11.2 Å². The zero-order chi connectivity index (χ0) is 17.9. The van der Waals surface area contributed by atoms with Gasteiger partial charge in [0.05, 0.1) is 6.42 Å². The molecule has 0 radical (unpaired) electrons. The first-order chi connectivity index (χ1) is 11.1. The van der Waals surface area contributed by atoms with Crippen molar-refractivity contribution >= 4 is 28.8 Å². The number of anilines is 1. The van der Waals surface area contributed by atoms with Gasteiger partial charge in [0.1, 0.15) is 5.52 Å². The third-order valence-corrected chi connectivity index (χ3v) is 3.37. The summed E-state index contributed by atoms with van der Waals surface area (Å²) in [5.41, 5.74) is 2.02. The van der Waals surface area contributed by atoms with Gasteiger partial charge in [-0.1, -0.05) is 20.8 Å². The second kappa shape index (κ2) is 6.90. The number of hydrogen-bond acceptors (Lipinski definition) is 4. The van der Waals surface area contributed by atoms with Crippen LogP contribution in [0.3, 0.4) is 0 Å². The molecule has 0 saturated carbocycles. The molecule has 2 amide bonds. The van der Waals surface area contributed by atoms with Gasteiger partial charge in [0.15, 0.2) is 11.5 Å². The van der Waals surface area contributed by atoms with E-state index in [2.05, 4.69) is 31.1 Å². The molecule has 1 aromatic carbocycles. The second-order valence-electron chi connectivity index (χ2n) is 7.02. The standard InChI is InChI=1S/C17H23N3O4/c1-17(2,3)10-14-19-12-9-11(5-6-13(12)24-14)18-16(23)20(4)8-7-15(21)22/h5-6,9H,7-8,10H2,1-4H3,(H,18,23)(H,21,22). The summed E-state index contributed by atoms with van der Waals surface area (Å²) in [5.74, 6) is -0.274. The number of amides is 2. The van der Waals surface area contributed by atoms with Gasteiger partial charge in [0, 0.05) is 25.7 Å². The van der Waals surface area contributed by atoms with E-state index < -0.39 is 5.97 Å². The van der Waals surface area contributed by atoms with E-state index in [4.69, 9.17) is 9.52 Å². The number of aromatic nitrogens is 1. The van der Waals surface area contributed by atoms with E-state index in [1.807, 2.05) is 0 Å². The van der Waals surface area contributed by atoms with Crippen molar-refractivity contribution in [3.8, 4) is 0 Å². The van der Waals surface area contributed by atoms with Crippen LogP contribution in [0.1, 0.15) is 33.1 Å². The minimum absolute atomic E-state index is 0.0742. The van der Waals surface area contributed by atoms with Crippen LogP contribution in [0.5, 0.6) is 0 Å². The Kier molecular flexibility index (Phi) is 5.11. The molecule has 0 aliphatic carbocycles. The van der Waals surface area contributed by atoms with Gasteiger partial charge in [0.25, 0.3) is 0 Å². The molecule has 0 bridgehead atoms. The van der Waals surface area contributed by atoms with Crippen molar-refractivity contribution in [3.05, 3.63) is 24.1 Å². The number of nitrogens with zero attached hydrogens (tertiary/aromatic N) is 2. The average molecular weight is 333 g/mol. The summed E-state index contributed by atoms with van der Waals surface area (Å²) in [5, 5.41) is 11.4. The van der Waals surface area contributed by atoms with E-state index in [1.54, 1.807) is 25.2 Å².